The third kappa shape index (κ3) is 6.83. The average Bonchev–Trinajstić information content (AvgIpc) is 2.46. The lowest BCUT2D eigenvalue weighted by Gasteiger charge is -2.24. The van der Waals surface area contributed by atoms with Crippen molar-refractivity contribution in [1.29, 1.82) is 0 Å². The molecule has 1 amide bonds. The summed E-state index contributed by atoms with van der Waals surface area (Å²) >= 11 is 0. The normalized spacial score (nSPS) is 12.0. The van der Waals surface area contributed by atoms with Crippen molar-refractivity contribution in [3.05, 3.63) is 0 Å². The molecule has 0 aliphatic heterocycles. The van der Waals surface area contributed by atoms with Crippen molar-refractivity contribution in [3.8, 4) is 0 Å². The highest BCUT2D eigenvalue weighted by molar-refractivity contribution is 7.98. The maximum atomic E-state index is 12.9. The van der Waals surface area contributed by atoms with Gasteiger partial charge in [0.05, 0.1) is 33.0 Å². The van der Waals surface area contributed by atoms with Crippen LogP contribution in [0, 0.1) is 0 Å². The number of rotatable bonds is 11. The van der Waals surface area contributed by atoms with Gasteiger partial charge in [-0.25, -0.2) is 4.79 Å². The molecule has 0 unspecified atom stereocenters. The van der Waals surface area contributed by atoms with E-state index >= 15 is 0 Å². The molecule has 0 fully saturated rings. The van der Waals surface area contributed by atoms with E-state index in [0.717, 1.165) is 0 Å². The summed E-state index contributed by atoms with van der Waals surface area (Å²) in [5.74, 6) is 0. The second kappa shape index (κ2) is 11.1. The first-order chi connectivity index (χ1) is 10.8. The Bertz CT molecular complexity index is 441. The number of ether oxygens (including phenoxy) is 1. The van der Waals surface area contributed by atoms with Gasteiger partial charge >= 0.3 is 21.3 Å². The van der Waals surface area contributed by atoms with Crippen LogP contribution < -0.4 is 0 Å². The molecular formula is C12H25NO8P2. The maximum Gasteiger partial charge on any atom is 0.434 e. The standard InChI is InChI=1S/C12H25NO8P2/c1-6-17-11(14)13-12(22(15,18-7-2)19-8-3)23(16,20-9-4)21-10-5/h6-10H2,1-5H3. The number of hydrogen-bond donors (Lipinski definition) is 0. The molecule has 136 valence electrons. The van der Waals surface area contributed by atoms with Crippen LogP contribution in [0.4, 0.5) is 4.79 Å². The van der Waals surface area contributed by atoms with Crippen molar-refractivity contribution in [3.63, 3.8) is 0 Å². The molecule has 0 aromatic heterocycles. The van der Waals surface area contributed by atoms with Gasteiger partial charge in [-0.1, -0.05) is 0 Å². The zero-order chi connectivity index (χ0) is 17.9. The summed E-state index contributed by atoms with van der Waals surface area (Å²) in [5.41, 5.74) is 0. The lowest BCUT2D eigenvalue weighted by Crippen LogP contribution is -2.15. The zero-order valence-corrected chi connectivity index (χ0v) is 15.9. The summed E-state index contributed by atoms with van der Waals surface area (Å²) in [4.78, 5) is 15.2. The van der Waals surface area contributed by atoms with Gasteiger partial charge in [-0.05, 0) is 34.6 Å². The van der Waals surface area contributed by atoms with Gasteiger partial charge in [0.1, 0.15) is 0 Å². The fourth-order valence-corrected chi connectivity index (χ4v) is 5.77. The molecule has 9 nitrogen and oxygen atoms in total. The van der Waals surface area contributed by atoms with Crippen molar-refractivity contribution >= 4 is 26.5 Å². The largest absolute Gasteiger partial charge is 0.448 e. The molecular weight excluding hydrogens is 348 g/mol. The summed E-state index contributed by atoms with van der Waals surface area (Å²) in [7, 11) is -8.30. The molecule has 0 spiro atoms. The van der Waals surface area contributed by atoms with Crippen LogP contribution in [0.2, 0.25) is 0 Å². The van der Waals surface area contributed by atoms with Crippen LogP contribution in [0.3, 0.4) is 0 Å². The van der Waals surface area contributed by atoms with E-state index in [2.05, 4.69) is 9.73 Å². The van der Waals surface area contributed by atoms with E-state index in [1.54, 1.807) is 34.6 Å². The molecule has 0 bridgehead atoms. The SMILES string of the molecule is CCOC(=O)N=C(P(=O)(OCC)OCC)P(=O)(OCC)OCC. The fraction of sp³-hybridized carbons (Fsp3) is 0.833. The molecule has 0 aromatic rings. The van der Waals surface area contributed by atoms with Crippen LogP contribution in [0.25, 0.3) is 0 Å². The first-order valence-corrected chi connectivity index (χ1v) is 10.5. The van der Waals surface area contributed by atoms with Gasteiger partial charge in [0.15, 0.2) is 0 Å². The zero-order valence-electron chi connectivity index (χ0n) is 14.1. The second-order valence-corrected chi connectivity index (χ2v) is 8.00. The number of aliphatic imine (C=N–C) groups is 1. The Balaban J connectivity index is 6.11. The number of amides is 1. The van der Waals surface area contributed by atoms with Crippen molar-refractivity contribution in [2.75, 3.05) is 33.0 Å². The molecule has 0 aromatic carbocycles. The van der Waals surface area contributed by atoms with E-state index in [9.17, 15) is 13.9 Å². The molecule has 23 heavy (non-hydrogen) atoms. The highest BCUT2D eigenvalue weighted by Gasteiger charge is 2.48. The third-order valence-corrected chi connectivity index (χ3v) is 7.19. The van der Waals surface area contributed by atoms with Crippen molar-refractivity contribution < 1.29 is 36.8 Å². The van der Waals surface area contributed by atoms with Crippen LogP contribution >= 0.6 is 15.2 Å². The predicted octanol–water partition coefficient (Wildman–Crippen LogP) is 4.03. The first-order valence-electron chi connectivity index (χ1n) is 7.38. The smallest absolute Gasteiger partial charge is 0.434 e. The Morgan fingerprint density at radius 1 is 0.739 bits per heavy atom. The Morgan fingerprint density at radius 2 is 1.09 bits per heavy atom. The number of carbonyl (C=O) groups excluding carboxylic acids is 1. The second-order valence-electron chi connectivity index (χ2n) is 3.78. The van der Waals surface area contributed by atoms with E-state index in [4.69, 9.17) is 18.1 Å². The molecule has 0 rings (SSSR count). The number of hydrogen-bond acceptors (Lipinski definition) is 8. The summed E-state index contributed by atoms with van der Waals surface area (Å²) < 4.78 is 51.0. The molecule has 0 saturated carbocycles. The van der Waals surface area contributed by atoms with E-state index in [1.807, 2.05) is 0 Å². The van der Waals surface area contributed by atoms with E-state index in [1.165, 1.54) is 0 Å². The molecule has 0 aliphatic rings. The molecule has 11 heteroatoms. The van der Waals surface area contributed by atoms with Crippen LogP contribution in [0.15, 0.2) is 4.99 Å². The Hall–Kier alpha value is -0.560. The highest BCUT2D eigenvalue weighted by Crippen LogP contribution is 2.66. The van der Waals surface area contributed by atoms with E-state index in [0.29, 0.717) is 0 Å². The van der Waals surface area contributed by atoms with Gasteiger partial charge in [0.2, 0.25) is 5.19 Å². The van der Waals surface area contributed by atoms with Crippen molar-refractivity contribution in [2.24, 2.45) is 4.99 Å². The highest BCUT2D eigenvalue weighted by atomic mass is 31.2. The van der Waals surface area contributed by atoms with Gasteiger partial charge in [-0.3, -0.25) is 9.13 Å². The first kappa shape index (κ1) is 22.4. The minimum absolute atomic E-state index is 0.0165. The van der Waals surface area contributed by atoms with E-state index < -0.39 is 26.5 Å². The minimum atomic E-state index is -4.15. The lowest BCUT2D eigenvalue weighted by molar-refractivity contribution is 0.163. The Morgan fingerprint density at radius 3 is 1.35 bits per heavy atom. The summed E-state index contributed by atoms with van der Waals surface area (Å²) in [6, 6.07) is 0. The summed E-state index contributed by atoms with van der Waals surface area (Å²) in [6.45, 7) is 7.82. The monoisotopic (exact) mass is 373 g/mol. The quantitative estimate of drug-likeness (QED) is 0.394. The molecule has 0 saturated heterocycles. The predicted molar refractivity (Wildman–Crippen MR) is 86.2 cm³/mol. The Labute approximate surface area is 136 Å². The number of carbonyl (C=O) groups is 1. The average molecular weight is 373 g/mol. The molecule has 0 atom stereocenters. The molecule has 0 heterocycles. The van der Waals surface area contributed by atoms with Crippen LogP contribution in [0.5, 0.6) is 0 Å². The summed E-state index contributed by atoms with van der Waals surface area (Å²) in [5, 5.41) is -0.698. The molecule has 0 radical (unpaired) electrons. The summed E-state index contributed by atoms with van der Waals surface area (Å²) in [6.07, 6.45) is -1.08. The lowest BCUT2D eigenvalue weighted by atomic mass is 10.9. The van der Waals surface area contributed by atoms with Gasteiger partial charge in [-0.2, -0.15) is 4.99 Å². The van der Waals surface area contributed by atoms with Gasteiger partial charge in [0, 0.05) is 0 Å². The van der Waals surface area contributed by atoms with E-state index in [-0.39, 0.29) is 33.0 Å². The maximum absolute atomic E-state index is 12.9. The molecule has 0 N–H and O–H groups in total. The van der Waals surface area contributed by atoms with Crippen molar-refractivity contribution in [1.82, 2.24) is 0 Å². The van der Waals surface area contributed by atoms with Gasteiger partial charge in [0.25, 0.3) is 0 Å². The van der Waals surface area contributed by atoms with Gasteiger partial charge < -0.3 is 22.8 Å². The van der Waals surface area contributed by atoms with Crippen LogP contribution in [-0.4, -0.2) is 44.3 Å². The third-order valence-electron chi connectivity index (χ3n) is 2.15. The number of nitrogens with zero attached hydrogens (tertiary/aromatic N) is 1. The molecule has 0 aliphatic carbocycles. The van der Waals surface area contributed by atoms with Crippen LogP contribution in [0.1, 0.15) is 34.6 Å². The minimum Gasteiger partial charge on any atom is -0.448 e. The van der Waals surface area contributed by atoms with Gasteiger partial charge in [-0.15, -0.1) is 0 Å². The van der Waals surface area contributed by atoms with Crippen LogP contribution in [-0.2, 0) is 32.0 Å². The van der Waals surface area contributed by atoms with Crippen molar-refractivity contribution in [2.45, 2.75) is 34.6 Å². The topological polar surface area (TPSA) is 110 Å². The fourth-order valence-electron chi connectivity index (χ4n) is 1.50. The Kier molecular flexibility index (Phi) is 10.8.